The van der Waals surface area contributed by atoms with Crippen LogP contribution in [0.4, 0.5) is 28.8 Å². The number of esters is 5. The lowest BCUT2D eigenvalue weighted by molar-refractivity contribution is -0.203. The summed E-state index contributed by atoms with van der Waals surface area (Å²) >= 11 is 0. The molecule has 0 unspecified atom stereocenters. The molecule has 0 heterocycles. The van der Waals surface area contributed by atoms with E-state index in [1.54, 1.807) is 103 Å². The Morgan fingerprint density at radius 1 is 0.268 bits per heavy atom. The van der Waals surface area contributed by atoms with Gasteiger partial charge in [-0.2, -0.15) is 0 Å². The second-order valence-corrected chi connectivity index (χ2v) is 38.8. The third-order valence-electron chi connectivity index (χ3n) is 18.9. The van der Waals surface area contributed by atoms with Crippen molar-refractivity contribution in [3.8, 4) is 0 Å². The highest BCUT2D eigenvalue weighted by molar-refractivity contribution is 5.85. The summed E-state index contributed by atoms with van der Waals surface area (Å²) in [6, 6.07) is 0. The van der Waals surface area contributed by atoms with Crippen LogP contribution in [0.3, 0.4) is 0 Å². The zero-order valence-corrected chi connectivity index (χ0v) is 82.2. The number of ether oxygens (including phenoxy) is 11. The lowest BCUT2D eigenvalue weighted by atomic mass is 9.98. The van der Waals surface area contributed by atoms with Crippen LogP contribution in [0.2, 0.25) is 0 Å². The van der Waals surface area contributed by atoms with E-state index in [9.17, 15) is 67.1 Å². The number of hydrogen-bond acceptors (Lipinski definition) is 25. The monoisotopic (exact) mass is 1810 g/mol. The van der Waals surface area contributed by atoms with Crippen LogP contribution in [0.1, 0.15) is 358 Å². The van der Waals surface area contributed by atoms with Gasteiger partial charge in [0, 0.05) is 133 Å². The molecule has 0 spiro atoms. The molecule has 0 aliphatic rings. The van der Waals surface area contributed by atoms with E-state index in [0.717, 1.165) is 169 Å². The van der Waals surface area contributed by atoms with E-state index < -0.39 is 137 Å². The van der Waals surface area contributed by atoms with Gasteiger partial charge in [0.2, 0.25) is 17.9 Å². The molecule has 0 saturated heterocycles. The highest BCUT2D eigenvalue weighted by atomic mass is 16.6. The second-order valence-electron chi connectivity index (χ2n) is 38.8. The van der Waals surface area contributed by atoms with Crippen molar-refractivity contribution in [3.05, 3.63) is 0 Å². The zero-order valence-electron chi connectivity index (χ0n) is 82.2. The third-order valence-corrected chi connectivity index (χ3v) is 18.9. The maximum atomic E-state index is 14.4. The summed E-state index contributed by atoms with van der Waals surface area (Å²) in [5.41, 5.74) is -4.53. The number of carbonyl (C=O) groups is 14. The Morgan fingerprint density at radius 3 is 0.866 bits per heavy atom. The lowest BCUT2D eigenvalue weighted by Gasteiger charge is -2.34. The van der Waals surface area contributed by atoms with Crippen molar-refractivity contribution < 1.29 is 119 Å². The molecule has 0 bridgehead atoms. The smallest absolute Gasteiger partial charge is 0.410 e. The highest BCUT2D eigenvalue weighted by Gasteiger charge is 2.47. The fourth-order valence-electron chi connectivity index (χ4n) is 13.3. The van der Waals surface area contributed by atoms with Crippen molar-refractivity contribution >= 4 is 84.1 Å². The molecule has 4 atom stereocenters. The molecule has 736 valence electrons. The van der Waals surface area contributed by atoms with Crippen molar-refractivity contribution in [2.24, 2.45) is 5.92 Å². The van der Waals surface area contributed by atoms with Gasteiger partial charge in [-0.3, -0.25) is 38.4 Å². The average molecular weight is 1810 g/mol. The van der Waals surface area contributed by atoms with Gasteiger partial charge >= 0.3 is 66.4 Å². The first kappa shape index (κ1) is 118. The molecule has 0 radical (unpaired) electrons. The van der Waals surface area contributed by atoms with Crippen LogP contribution in [0.5, 0.6) is 0 Å². The molecular weight excluding hydrogens is 1640 g/mol. The van der Waals surface area contributed by atoms with Crippen LogP contribution >= 0.6 is 0 Å². The Kier molecular flexibility index (Phi) is 59.8. The Hall–Kier alpha value is -8.62. The van der Waals surface area contributed by atoms with Gasteiger partial charge in [-0.05, 0) is 208 Å². The largest absolute Gasteiger partial charge is 0.462 e. The summed E-state index contributed by atoms with van der Waals surface area (Å²) in [6.07, 6.45) is 15.0. The van der Waals surface area contributed by atoms with Gasteiger partial charge in [-0.25, -0.2) is 28.8 Å². The number of hydrogen-bond donors (Lipinski definition) is 5. The molecule has 0 saturated carbocycles. The number of rotatable bonds is 63. The Morgan fingerprint density at radius 2 is 0.543 bits per heavy atom. The second kappa shape index (κ2) is 64.2. The topological polar surface area (TPSA) is 414 Å². The Balaban J connectivity index is 5.52. The number of alkyl carbamates (subject to hydrolysis) is 2. The quantitative estimate of drug-likeness (QED) is 0.0214. The summed E-state index contributed by atoms with van der Waals surface area (Å²) in [7, 11) is 0. The van der Waals surface area contributed by atoms with Gasteiger partial charge in [0.25, 0.3) is 5.91 Å². The highest BCUT2D eigenvalue weighted by Crippen LogP contribution is 2.25. The van der Waals surface area contributed by atoms with E-state index in [0.29, 0.717) is 103 Å². The van der Waals surface area contributed by atoms with Crippen molar-refractivity contribution in [3.63, 3.8) is 0 Å². The molecule has 34 nitrogen and oxygen atoms in total. The fraction of sp³-hybridized carbons (Fsp3) is 0.849. The van der Waals surface area contributed by atoms with Crippen LogP contribution in [-0.4, -0.2) is 253 Å². The van der Waals surface area contributed by atoms with Crippen LogP contribution in [-0.2, 0) is 90.5 Å². The number of carbonyl (C=O) groups excluding carboxylic acids is 14. The molecule has 34 heteroatoms. The van der Waals surface area contributed by atoms with Crippen molar-refractivity contribution in [2.45, 2.75) is 416 Å². The summed E-state index contributed by atoms with van der Waals surface area (Å²) in [5, 5.41) is 14.4. The van der Waals surface area contributed by atoms with Crippen LogP contribution in [0, 0.1) is 5.92 Å². The Bertz CT molecular complexity index is 3120. The molecule has 0 aromatic rings. The molecule has 0 aromatic carbocycles. The molecule has 0 fully saturated rings. The van der Waals surface area contributed by atoms with Crippen LogP contribution < -0.4 is 26.6 Å². The van der Waals surface area contributed by atoms with Gasteiger partial charge in [0.15, 0.2) is 18.3 Å². The van der Waals surface area contributed by atoms with E-state index >= 15 is 0 Å². The predicted octanol–water partition coefficient (Wildman–Crippen LogP) is 16.3. The number of nitrogens with one attached hydrogen (secondary N) is 5. The minimum Gasteiger partial charge on any atom is -0.462 e. The van der Waals surface area contributed by atoms with Gasteiger partial charge in [0.1, 0.15) is 40.2 Å². The van der Waals surface area contributed by atoms with E-state index in [-0.39, 0.29) is 63.5 Å². The first-order valence-electron chi connectivity index (χ1n) is 46.6. The first-order chi connectivity index (χ1) is 59.1. The van der Waals surface area contributed by atoms with E-state index in [1.807, 2.05) is 41.5 Å². The van der Waals surface area contributed by atoms with Gasteiger partial charge in [0.05, 0.1) is 0 Å². The van der Waals surface area contributed by atoms with Gasteiger partial charge < -0.3 is 98.3 Å². The molecule has 0 aliphatic carbocycles. The maximum absolute atomic E-state index is 14.4. The van der Waals surface area contributed by atoms with E-state index in [2.05, 4.69) is 26.6 Å². The standard InChI is InChI=1S/C93H169N9O25/c1-69(103)117-68-75(118-70(2)104)78(119-71(3)105)79(120-72(4)106)80(121-73(5)107)81(110)96-57-45-38-33-29-25-27-31-35-41-53-76(108)94-55-43-37-32-28-24-26-30-34-42-54-77(109)95-56-44-39-36-40-52-74(66-101(86(115)126-92(18,19)20)62-48-46-60-99(84(113)124-90(12,13)14)64-50-58-97-82(111)122-88(6,7)8)67-102(87(116)127-93(21,22)23)63-49-47-61-100(85(114)125-91(15,16)17)65-51-59-98-83(112)123-89(9,10)11/h74-75,78-80H,24-68H2,1-23H3,(H,94,108)(H,95,109)(H,96,110)(H,97,111)(H,98,112)/t75-,78-,79+,80-/m1/s1. The number of amides is 9. The lowest BCUT2D eigenvalue weighted by Crippen LogP contribution is -2.57. The molecule has 9 amide bonds. The molecule has 0 aromatic heterocycles. The van der Waals surface area contributed by atoms with Gasteiger partial charge in [-0.15, -0.1) is 0 Å². The normalized spacial score (nSPS) is 12.8. The molecule has 5 N–H and O–H groups in total. The summed E-state index contributed by atoms with van der Waals surface area (Å²) in [4.78, 5) is 187. The maximum Gasteiger partial charge on any atom is 0.410 e. The molecule has 127 heavy (non-hydrogen) atoms. The summed E-state index contributed by atoms with van der Waals surface area (Å²) < 4.78 is 60.7. The SMILES string of the molecule is CC(=O)OC[C@@H](OC(C)=O)[C@@H](OC(C)=O)[C@H](OC(C)=O)[C@@H](OC(C)=O)C(=O)NCCCCCCCCCCCC(=O)NCCCCCCCCCCCC(=O)NCCCCCCC(CN(CCCCN(CCCNC(=O)OC(C)(C)C)C(=O)OC(C)(C)C)C(=O)OC(C)(C)C)CN(CCCCN(CCCNC(=O)OC(C)(C)C)C(=O)OC(C)(C)C)C(=O)OC(C)(C)C. The fourth-order valence-corrected chi connectivity index (χ4v) is 13.3. The molecular formula is C93H169N9O25. The summed E-state index contributed by atoms with van der Waals surface area (Å²) in [6.45, 7) is 41.1. The van der Waals surface area contributed by atoms with Crippen molar-refractivity contribution in [1.82, 2.24) is 46.2 Å². The third kappa shape index (κ3) is 69.1. The minimum atomic E-state index is -1.83. The average Bonchev–Trinajstić information content (AvgIpc) is 0.817. The van der Waals surface area contributed by atoms with Crippen LogP contribution in [0.15, 0.2) is 0 Å². The van der Waals surface area contributed by atoms with Crippen LogP contribution in [0.25, 0.3) is 0 Å². The van der Waals surface area contributed by atoms with Crippen molar-refractivity contribution in [1.29, 1.82) is 0 Å². The Labute approximate surface area is 760 Å². The summed E-state index contributed by atoms with van der Waals surface area (Å²) in [5.74, 6) is -5.38. The number of nitrogens with zero attached hydrogens (tertiary/aromatic N) is 4. The van der Waals surface area contributed by atoms with Crippen molar-refractivity contribution in [2.75, 3.05) is 91.7 Å². The zero-order chi connectivity index (χ0) is 96.4. The number of unbranched alkanes of at least 4 members (excludes halogenated alkanes) is 21. The first-order valence-corrected chi connectivity index (χ1v) is 46.6. The van der Waals surface area contributed by atoms with Gasteiger partial charge in [-0.1, -0.05) is 109 Å². The van der Waals surface area contributed by atoms with E-state index in [1.165, 1.54) is 0 Å². The minimum absolute atomic E-state index is 0.0375. The van der Waals surface area contributed by atoms with E-state index in [4.69, 9.17) is 52.1 Å². The predicted molar refractivity (Wildman–Crippen MR) is 484 cm³/mol. The molecule has 0 aliphatic heterocycles. The molecule has 0 rings (SSSR count).